The van der Waals surface area contributed by atoms with E-state index in [4.69, 9.17) is 5.73 Å². The summed E-state index contributed by atoms with van der Waals surface area (Å²) in [5.41, 5.74) is 7.24. The topological polar surface area (TPSA) is 42.1 Å². The summed E-state index contributed by atoms with van der Waals surface area (Å²) in [6, 6.07) is 0. The minimum atomic E-state index is 0.501. The maximum absolute atomic E-state index is 5.60. The summed E-state index contributed by atoms with van der Waals surface area (Å²) < 4.78 is 0. The zero-order chi connectivity index (χ0) is 10.9. The number of nitrogens with two attached hydrogens (primary N) is 1. The van der Waals surface area contributed by atoms with E-state index in [1.165, 1.54) is 30.8 Å². The second kappa shape index (κ2) is 4.10. The molecule has 0 radical (unpaired) electrons. The SMILES string of the molecule is CC1(C)CCN(CCc2csc(N)n2)C1. The van der Waals surface area contributed by atoms with Crippen molar-refractivity contribution in [3.8, 4) is 0 Å². The Morgan fingerprint density at radius 1 is 1.60 bits per heavy atom. The molecule has 15 heavy (non-hydrogen) atoms. The molecule has 1 fully saturated rings. The molecule has 0 aromatic carbocycles. The number of hydrogen-bond acceptors (Lipinski definition) is 4. The van der Waals surface area contributed by atoms with Gasteiger partial charge < -0.3 is 10.6 Å². The molecule has 4 heteroatoms. The number of rotatable bonds is 3. The number of likely N-dealkylation sites (tertiary alicyclic amines) is 1. The Balaban J connectivity index is 1.80. The predicted molar refractivity (Wildman–Crippen MR) is 65.1 cm³/mol. The van der Waals surface area contributed by atoms with Gasteiger partial charge in [0.25, 0.3) is 0 Å². The van der Waals surface area contributed by atoms with Crippen LogP contribution >= 0.6 is 11.3 Å². The van der Waals surface area contributed by atoms with Gasteiger partial charge in [-0.1, -0.05) is 13.8 Å². The van der Waals surface area contributed by atoms with E-state index in [0.29, 0.717) is 10.5 Å². The summed E-state index contributed by atoms with van der Waals surface area (Å²) in [7, 11) is 0. The van der Waals surface area contributed by atoms with Gasteiger partial charge in [-0.25, -0.2) is 4.98 Å². The molecule has 1 aliphatic heterocycles. The Bertz CT molecular complexity index is 332. The first-order chi connectivity index (χ1) is 7.05. The molecular weight excluding hydrogens is 206 g/mol. The van der Waals surface area contributed by atoms with Gasteiger partial charge >= 0.3 is 0 Å². The summed E-state index contributed by atoms with van der Waals surface area (Å²) in [5.74, 6) is 0. The fourth-order valence-electron chi connectivity index (χ4n) is 2.13. The van der Waals surface area contributed by atoms with Crippen LogP contribution in [0.25, 0.3) is 0 Å². The predicted octanol–water partition coefficient (Wildman–Crippen LogP) is 2.00. The summed E-state index contributed by atoms with van der Waals surface area (Å²) in [4.78, 5) is 6.80. The Kier molecular flexibility index (Phi) is 2.98. The quantitative estimate of drug-likeness (QED) is 0.855. The highest BCUT2D eigenvalue weighted by molar-refractivity contribution is 7.13. The van der Waals surface area contributed by atoms with E-state index in [1.807, 2.05) is 0 Å². The molecule has 1 aliphatic rings. The molecule has 0 amide bonds. The second-order valence-electron chi connectivity index (χ2n) is 5.12. The monoisotopic (exact) mass is 225 g/mol. The van der Waals surface area contributed by atoms with Crippen molar-refractivity contribution in [2.75, 3.05) is 25.4 Å². The standard InChI is InChI=1S/C11H19N3S/c1-11(2)4-6-14(8-11)5-3-9-7-15-10(12)13-9/h7H,3-6,8H2,1-2H3,(H2,12,13). The van der Waals surface area contributed by atoms with E-state index < -0.39 is 0 Å². The van der Waals surface area contributed by atoms with E-state index in [9.17, 15) is 0 Å². The normalized spacial score (nSPS) is 20.9. The molecule has 0 atom stereocenters. The van der Waals surface area contributed by atoms with Gasteiger partial charge in [0.15, 0.2) is 5.13 Å². The summed E-state index contributed by atoms with van der Waals surface area (Å²) in [6.07, 6.45) is 2.34. The van der Waals surface area contributed by atoms with Gasteiger partial charge in [-0.05, 0) is 18.4 Å². The van der Waals surface area contributed by atoms with Crippen LogP contribution in [0.3, 0.4) is 0 Å². The van der Waals surface area contributed by atoms with E-state index in [0.717, 1.165) is 18.7 Å². The van der Waals surface area contributed by atoms with Gasteiger partial charge in [0.2, 0.25) is 0 Å². The van der Waals surface area contributed by atoms with Crippen LogP contribution in [0.4, 0.5) is 5.13 Å². The molecule has 0 unspecified atom stereocenters. The third-order valence-electron chi connectivity index (χ3n) is 3.01. The molecule has 1 aromatic rings. The van der Waals surface area contributed by atoms with Crippen LogP contribution < -0.4 is 5.73 Å². The number of nitrogen functional groups attached to an aromatic ring is 1. The van der Waals surface area contributed by atoms with Crippen molar-refractivity contribution in [2.24, 2.45) is 5.41 Å². The van der Waals surface area contributed by atoms with Crippen LogP contribution in [0.15, 0.2) is 5.38 Å². The van der Waals surface area contributed by atoms with E-state index in [2.05, 4.69) is 29.1 Å². The second-order valence-corrected chi connectivity index (χ2v) is 6.01. The summed E-state index contributed by atoms with van der Waals surface area (Å²) in [6.45, 7) is 8.24. The molecule has 0 aliphatic carbocycles. The zero-order valence-electron chi connectivity index (χ0n) is 9.49. The maximum Gasteiger partial charge on any atom is 0.180 e. The van der Waals surface area contributed by atoms with Crippen LogP contribution in [-0.4, -0.2) is 29.5 Å². The molecule has 2 N–H and O–H groups in total. The van der Waals surface area contributed by atoms with Gasteiger partial charge in [0.1, 0.15) is 0 Å². The average molecular weight is 225 g/mol. The van der Waals surface area contributed by atoms with Crippen molar-refractivity contribution in [1.29, 1.82) is 0 Å². The van der Waals surface area contributed by atoms with Crippen LogP contribution in [0.1, 0.15) is 26.0 Å². The minimum Gasteiger partial charge on any atom is -0.375 e. The Morgan fingerprint density at radius 2 is 2.40 bits per heavy atom. The lowest BCUT2D eigenvalue weighted by molar-refractivity contribution is 0.293. The zero-order valence-corrected chi connectivity index (χ0v) is 10.3. The van der Waals surface area contributed by atoms with E-state index in [-0.39, 0.29) is 0 Å². The first kappa shape index (κ1) is 10.9. The highest BCUT2D eigenvalue weighted by Gasteiger charge is 2.28. The number of hydrogen-bond donors (Lipinski definition) is 1. The van der Waals surface area contributed by atoms with Crippen molar-refractivity contribution in [3.63, 3.8) is 0 Å². The van der Waals surface area contributed by atoms with Crippen LogP contribution in [0, 0.1) is 5.41 Å². The lowest BCUT2D eigenvalue weighted by atomic mass is 9.93. The highest BCUT2D eigenvalue weighted by Crippen LogP contribution is 2.28. The average Bonchev–Trinajstić information content (AvgIpc) is 2.69. The van der Waals surface area contributed by atoms with Crippen LogP contribution in [0.2, 0.25) is 0 Å². The number of anilines is 1. The lowest BCUT2D eigenvalue weighted by Gasteiger charge is -2.19. The van der Waals surface area contributed by atoms with Crippen LogP contribution in [-0.2, 0) is 6.42 Å². The smallest absolute Gasteiger partial charge is 0.180 e. The fourth-order valence-corrected chi connectivity index (χ4v) is 2.72. The fraction of sp³-hybridized carbons (Fsp3) is 0.727. The van der Waals surface area contributed by atoms with Gasteiger partial charge in [0, 0.05) is 24.9 Å². The molecule has 0 saturated carbocycles. The molecule has 0 bridgehead atoms. The lowest BCUT2D eigenvalue weighted by Crippen LogP contribution is -2.25. The molecule has 0 spiro atoms. The molecule has 84 valence electrons. The Labute approximate surface area is 95.3 Å². The van der Waals surface area contributed by atoms with Crippen molar-refractivity contribution >= 4 is 16.5 Å². The summed E-state index contributed by atoms with van der Waals surface area (Å²) in [5, 5.41) is 2.75. The maximum atomic E-state index is 5.60. The largest absolute Gasteiger partial charge is 0.375 e. The van der Waals surface area contributed by atoms with Crippen molar-refractivity contribution in [3.05, 3.63) is 11.1 Å². The number of thiazole rings is 1. The number of aromatic nitrogens is 1. The van der Waals surface area contributed by atoms with Gasteiger partial charge in [-0.3, -0.25) is 0 Å². The van der Waals surface area contributed by atoms with Crippen molar-refractivity contribution in [2.45, 2.75) is 26.7 Å². The summed E-state index contributed by atoms with van der Waals surface area (Å²) >= 11 is 1.53. The van der Waals surface area contributed by atoms with Crippen molar-refractivity contribution in [1.82, 2.24) is 9.88 Å². The molecule has 1 saturated heterocycles. The van der Waals surface area contributed by atoms with E-state index in [1.54, 1.807) is 0 Å². The van der Waals surface area contributed by atoms with Gasteiger partial charge in [0.05, 0.1) is 5.69 Å². The number of nitrogens with zero attached hydrogens (tertiary/aromatic N) is 2. The van der Waals surface area contributed by atoms with Crippen LogP contribution in [0.5, 0.6) is 0 Å². The van der Waals surface area contributed by atoms with E-state index >= 15 is 0 Å². The third-order valence-corrected chi connectivity index (χ3v) is 3.73. The third kappa shape index (κ3) is 2.92. The first-order valence-electron chi connectivity index (χ1n) is 5.47. The molecular formula is C11H19N3S. The first-order valence-corrected chi connectivity index (χ1v) is 6.35. The minimum absolute atomic E-state index is 0.501. The molecule has 1 aromatic heterocycles. The Morgan fingerprint density at radius 3 is 2.93 bits per heavy atom. The highest BCUT2D eigenvalue weighted by atomic mass is 32.1. The van der Waals surface area contributed by atoms with Gasteiger partial charge in [-0.15, -0.1) is 11.3 Å². The molecule has 2 rings (SSSR count). The molecule has 3 nitrogen and oxygen atoms in total. The molecule has 2 heterocycles. The Hall–Kier alpha value is -0.610. The van der Waals surface area contributed by atoms with Gasteiger partial charge in [-0.2, -0.15) is 0 Å². The van der Waals surface area contributed by atoms with Crippen molar-refractivity contribution < 1.29 is 0 Å².